The van der Waals surface area contributed by atoms with E-state index in [1.54, 1.807) is 0 Å². The van der Waals surface area contributed by atoms with Crippen LogP contribution in [0.5, 0.6) is 0 Å². The molecule has 0 saturated carbocycles. The van der Waals surface area contributed by atoms with Gasteiger partial charge in [0.15, 0.2) is 0 Å². The molecule has 10 aromatic rings. The van der Waals surface area contributed by atoms with Gasteiger partial charge in [-0.3, -0.25) is 0 Å². The molecule has 0 unspecified atom stereocenters. The van der Waals surface area contributed by atoms with E-state index < -0.39 is 0 Å². The van der Waals surface area contributed by atoms with E-state index in [0.717, 1.165) is 0 Å². The molecule has 4 nitrogen and oxygen atoms in total. The molecule has 0 saturated heterocycles. The first kappa shape index (κ1) is 60.0. The zero-order valence-electron chi connectivity index (χ0n) is 44.2. The van der Waals surface area contributed by atoms with Crippen molar-refractivity contribution in [2.75, 3.05) is 9.80 Å². The molecule has 0 radical (unpaired) electrons. The van der Waals surface area contributed by atoms with E-state index in [4.69, 9.17) is 0 Å². The van der Waals surface area contributed by atoms with Gasteiger partial charge < -0.3 is 18.9 Å². The SMILES string of the molecule is C.Cc1cc(N2c3ccccc3C(C)(C)C2(C)C)cc(-n2c3ccccc3c3ccccc32)c1.Cc1cc2c3c(c1)-n1c4ccccc4c4cccc(c41)B3c1cccc3c1N2C(C)(C)C3(C)C.II(I)I(I)I(I)I(I)I. The van der Waals surface area contributed by atoms with Gasteiger partial charge in [0, 0.05) is 83.1 Å². The van der Waals surface area contributed by atoms with Gasteiger partial charge in [-0.1, -0.05) is 144 Å². The minimum atomic E-state index is -0.358. The molecule has 406 valence electrons. The van der Waals surface area contributed by atoms with Gasteiger partial charge in [-0.15, -0.1) is 0 Å². The maximum atomic E-state index is 2.88. The van der Waals surface area contributed by atoms with Crippen LogP contribution in [0.15, 0.2) is 164 Å². The van der Waals surface area contributed by atoms with Crippen molar-refractivity contribution in [2.45, 2.75) is 98.6 Å². The van der Waals surface area contributed by atoms with Crippen molar-refractivity contribution in [2.24, 2.45) is 0 Å². The average molecular weight is 2150 g/mol. The zero-order chi connectivity index (χ0) is 54.4. The number of rotatable bonds is 5. The van der Waals surface area contributed by atoms with Crippen molar-refractivity contribution >= 4 is 233 Å². The Balaban J connectivity index is 0.000000140. The summed E-state index contributed by atoms with van der Waals surface area (Å²) in [5.74, 6) is 0. The number of aromatic nitrogens is 2. The van der Waals surface area contributed by atoms with Crippen LogP contribution in [0.1, 0.15) is 85.1 Å². The summed E-state index contributed by atoms with van der Waals surface area (Å²) in [5.41, 5.74) is 22.9. The Morgan fingerprint density at radius 1 is 0.410 bits per heavy atom. The molecule has 8 aromatic carbocycles. The van der Waals surface area contributed by atoms with Crippen molar-refractivity contribution in [3.05, 3.63) is 186 Å². The molecular weight excluding hydrogens is 2090 g/mol. The molecule has 4 aliphatic heterocycles. The van der Waals surface area contributed by atoms with Crippen LogP contribution in [-0.4, -0.2) is 26.9 Å². The van der Waals surface area contributed by atoms with Gasteiger partial charge in [-0.25, -0.2) is 0 Å². The van der Waals surface area contributed by atoms with Crippen LogP contribution in [0.3, 0.4) is 0 Å². The molecule has 15 heteroatoms. The van der Waals surface area contributed by atoms with Crippen LogP contribution in [0.4, 0.5) is 22.7 Å². The van der Waals surface area contributed by atoms with Crippen molar-refractivity contribution in [3.63, 3.8) is 0 Å². The molecule has 0 fully saturated rings. The van der Waals surface area contributed by atoms with Crippen LogP contribution >= 0.6 is 143 Å². The van der Waals surface area contributed by atoms with E-state index >= 15 is 0 Å². The standard InChI is InChI=1S/C31H27BN2.C31H30N2.CH4.I10/c1-18-16-25-27-26(17-18)34-29-21(30(2,3)31(34,4)5)12-9-14-23(29)32(27)22-13-8-11-20-19-10-6-7-15-24(19)33(25)28(20)22;1-21-18-22(32-27-15-9-6-12-24(27)25-13-7-10-16-28(25)32)20-23(19-21)33-29-17-11-8-14-26(29)30(2,3)31(33,4)5;;1-7(2)9(5)10(6)8(3)4/h6-17H,1-5H3;6-20H,1-5H3;1H4;. The van der Waals surface area contributed by atoms with Gasteiger partial charge in [-0.05, 0) is 135 Å². The fraction of sp³-hybridized carbons (Fsp3) is 0.238. The first-order chi connectivity index (χ1) is 36.6. The number of anilines is 4. The molecule has 6 heterocycles. The van der Waals surface area contributed by atoms with Gasteiger partial charge in [0.2, 0.25) is 0 Å². The number of benzene rings is 8. The number of halogens is 10. The van der Waals surface area contributed by atoms with Crippen molar-refractivity contribution < 1.29 is 0 Å². The Kier molecular flexibility index (Phi) is 17.4. The summed E-state index contributed by atoms with van der Waals surface area (Å²) in [6.45, 7) is 23.9. The van der Waals surface area contributed by atoms with Gasteiger partial charge in [0.25, 0.3) is 6.71 Å². The number of fused-ring (bicyclic) bond motifs is 11. The van der Waals surface area contributed by atoms with Crippen LogP contribution < -0.4 is 26.2 Å². The molecule has 0 spiro atoms. The third-order valence-corrected chi connectivity index (χ3v) is 513. The third-order valence-electron chi connectivity index (χ3n) is 17.7. The fourth-order valence-electron chi connectivity index (χ4n) is 13.1. The normalized spacial score (nSPS) is 16.8. The van der Waals surface area contributed by atoms with Crippen LogP contribution in [0, 0.1) is 13.8 Å². The average Bonchev–Trinajstić information content (AvgIpc) is 4.20. The van der Waals surface area contributed by atoms with E-state index in [1.807, 2.05) is 0 Å². The van der Waals surface area contributed by atoms with Crippen LogP contribution in [0.2, 0.25) is 0 Å². The van der Waals surface area contributed by atoms with Crippen LogP contribution in [-0.2, 0) is 10.8 Å². The summed E-state index contributed by atoms with van der Waals surface area (Å²) in [6, 6.07) is 61.1. The van der Waals surface area contributed by atoms with Crippen LogP contribution in [0.25, 0.3) is 55.0 Å². The summed E-state index contributed by atoms with van der Waals surface area (Å²) in [7, 11) is -1.31. The fourth-order valence-corrected chi connectivity index (χ4v) is 851. The number of aryl methyl sites for hydroxylation is 2. The first-order valence-corrected chi connectivity index (χ1v) is 82.1. The monoisotopic (exact) mass is 2150 g/mol. The molecule has 2 aromatic heterocycles. The van der Waals surface area contributed by atoms with E-state index in [1.165, 1.54) is 116 Å². The Morgan fingerprint density at radius 3 is 1.47 bits per heavy atom. The molecule has 0 amide bonds. The quantitative estimate of drug-likeness (QED) is 0.126. The van der Waals surface area contributed by atoms with Crippen molar-refractivity contribution in [1.29, 1.82) is 0 Å². The van der Waals surface area contributed by atoms with Gasteiger partial charge >= 0.3 is 143 Å². The molecule has 0 bridgehead atoms. The Hall–Kier alpha value is 0.325. The molecule has 78 heavy (non-hydrogen) atoms. The predicted octanol–water partition coefficient (Wildman–Crippen LogP) is 23.2. The first-order valence-electron chi connectivity index (χ1n) is 25.5. The summed E-state index contributed by atoms with van der Waals surface area (Å²) < 4.78 is 4.96. The molecule has 0 N–H and O–H groups in total. The summed E-state index contributed by atoms with van der Waals surface area (Å²) in [6.07, 6.45) is 0. The summed E-state index contributed by atoms with van der Waals surface area (Å²) in [4.78, 5) is 5.23. The molecule has 4 aliphatic rings. The number of hydrogen-bond donors (Lipinski definition) is 0. The van der Waals surface area contributed by atoms with Crippen molar-refractivity contribution in [1.82, 2.24) is 9.13 Å². The number of hydrogen-bond acceptors (Lipinski definition) is 2. The second kappa shape index (κ2) is 22.6. The summed E-state index contributed by atoms with van der Waals surface area (Å²) >= 11 is 16.9. The minimum absolute atomic E-state index is 0. The molecular formula is C63H61BI10N4. The molecule has 0 atom stereocenters. The number of para-hydroxylation sites is 6. The topological polar surface area (TPSA) is 16.3 Å². The van der Waals surface area contributed by atoms with Crippen molar-refractivity contribution in [3.8, 4) is 11.4 Å². The van der Waals surface area contributed by atoms with Gasteiger partial charge in [0.05, 0.1) is 16.6 Å². The second-order valence-corrected chi connectivity index (χ2v) is 218. The second-order valence-electron chi connectivity index (χ2n) is 22.6. The van der Waals surface area contributed by atoms with Gasteiger partial charge in [-0.2, -0.15) is 0 Å². The Morgan fingerprint density at radius 2 is 0.859 bits per heavy atom. The third kappa shape index (κ3) is 9.43. The van der Waals surface area contributed by atoms with Gasteiger partial charge in [0.1, 0.15) is 0 Å². The zero-order valence-corrected chi connectivity index (χ0v) is 65.8. The predicted molar refractivity (Wildman–Crippen MR) is 434 cm³/mol. The van der Waals surface area contributed by atoms with E-state index in [2.05, 4.69) is 364 Å². The van der Waals surface area contributed by atoms with E-state index in [-0.39, 0.29) is 67.6 Å². The number of nitrogens with zero attached hydrogens (tertiary/aromatic N) is 4. The molecule has 0 aliphatic carbocycles. The summed E-state index contributed by atoms with van der Waals surface area (Å²) in [5, 5.41) is 5.29. The molecule has 14 rings (SSSR count). The maximum absolute atomic E-state index is 2.88. The Bertz CT molecular complexity index is 3960. The Labute approximate surface area is 537 Å². The van der Waals surface area contributed by atoms with E-state index in [0.29, 0.717) is 0 Å². The van der Waals surface area contributed by atoms with E-state index in [9.17, 15) is 0 Å².